The van der Waals surface area contributed by atoms with Gasteiger partial charge >= 0.3 is 0 Å². The quantitative estimate of drug-likeness (QED) is 0.664. The molecule has 0 bridgehead atoms. The number of ether oxygens (including phenoxy) is 1. The summed E-state index contributed by atoms with van der Waals surface area (Å²) in [5, 5.41) is 10.1. The lowest BCUT2D eigenvalue weighted by molar-refractivity contribution is -0.0821. The molecule has 0 aromatic carbocycles. The maximum Gasteiger partial charge on any atom is 0.0800 e. The van der Waals surface area contributed by atoms with E-state index >= 15 is 0 Å². The van der Waals surface area contributed by atoms with Crippen LogP contribution in [0.2, 0.25) is 0 Å². The Hall–Kier alpha value is -0.120. The molecule has 1 saturated heterocycles. The van der Waals surface area contributed by atoms with Crippen LogP contribution in [-0.4, -0.2) is 30.0 Å². The van der Waals surface area contributed by atoms with Gasteiger partial charge in [-0.3, -0.25) is 0 Å². The smallest absolute Gasteiger partial charge is 0.0800 e. The summed E-state index contributed by atoms with van der Waals surface area (Å²) in [5.74, 6) is 0.471. The summed E-state index contributed by atoms with van der Waals surface area (Å²) >= 11 is 0. The van der Waals surface area contributed by atoms with Crippen molar-refractivity contribution < 1.29 is 9.84 Å². The zero-order valence-corrected chi connectivity index (χ0v) is 8.04. The van der Waals surface area contributed by atoms with Crippen molar-refractivity contribution in [2.45, 2.75) is 43.7 Å². The molecule has 3 N–H and O–H groups in total. The van der Waals surface area contributed by atoms with Crippen molar-refractivity contribution in [1.29, 1.82) is 0 Å². The van der Waals surface area contributed by atoms with Gasteiger partial charge in [0.05, 0.1) is 5.60 Å². The Labute approximate surface area is 79.3 Å². The molecule has 1 heterocycles. The molecule has 1 unspecified atom stereocenters. The van der Waals surface area contributed by atoms with Gasteiger partial charge in [-0.25, -0.2) is 0 Å². The van der Waals surface area contributed by atoms with Crippen LogP contribution in [0.1, 0.15) is 32.1 Å². The maximum absolute atomic E-state index is 10.1. The van der Waals surface area contributed by atoms with E-state index in [9.17, 15) is 5.11 Å². The van der Waals surface area contributed by atoms with Crippen molar-refractivity contribution in [3.05, 3.63) is 0 Å². The molecule has 0 aromatic rings. The molecule has 0 spiro atoms. The monoisotopic (exact) mass is 185 g/mol. The Morgan fingerprint density at radius 2 is 1.92 bits per heavy atom. The Balaban J connectivity index is 1.90. The van der Waals surface area contributed by atoms with E-state index in [0.717, 1.165) is 45.3 Å². The highest BCUT2D eigenvalue weighted by atomic mass is 16.5. The topological polar surface area (TPSA) is 55.5 Å². The van der Waals surface area contributed by atoms with Gasteiger partial charge in [0.15, 0.2) is 0 Å². The summed E-state index contributed by atoms with van der Waals surface area (Å²) in [6.45, 7) is 1.63. The third-order valence-electron chi connectivity index (χ3n) is 3.61. The van der Waals surface area contributed by atoms with Crippen molar-refractivity contribution in [3.8, 4) is 0 Å². The second-order valence-electron chi connectivity index (χ2n) is 4.43. The van der Waals surface area contributed by atoms with Gasteiger partial charge in [0.2, 0.25) is 0 Å². The minimum Gasteiger partial charge on any atom is -0.388 e. The fraction of sp³-hybridized carbons (Fsp3) is 1.00. The van der Waals surface area contributed by atoms with Crippen LogP contribution >= 0.6 is 0 Å². The summed E-state index contributed by atoms with van der Waals surface area (Å²) in [6, 6.07) is -0.0230. The summed E-state index contributed by atoms with van der Waals surface area (Å²) in [7, 11) is 0. The predicted molar refractivity (Wildman–Crippen MR) is 50.3 cm³/mol. The molecule has 2 rings (SSSR count). The van der Waals surface area contributed by atoms with Crippen molar-refractivity contribution in [2.75, 3.05) is 13.2 Å². The molecule has 1 aliphatic heterocycles. The van der Waals surface area contributed by atoms with E-state index in [1.54, 1.807) is 0 Å². The van der Waals surface area contributed by atoms with E-state index in [1.807, 2.05) is 0 Å². The molecule has 1 atom stereocenters. The highest BCUT2D eigenvalue weighted by Crippen LogP contribution is 2.38. The van der Waals surface area contributed by atoms with Crippen LogP contribution in [0.3, 0.4) is 0 Å². The lowest BCUT2D eigenvalue weighted by Crippen LogP contribution is -2.57. The lowest BCUT2D eigenvalue weighted by atomic mass is 9.69. The van der Waals surface area contributed by atoms with Crippen LogP contribution in [0.5, 0.6) is 0 Å². The van der Waals surface area contributed by atoms with Gasteiger partial charge < -0.3 is 15.6 Å². The summed E-state index contributed by atoms with van der Waals surface area (Å²) in [5.41, 5.74) is 5.54. The third-order valence-corrected chi connectivity index (χ3v) is 3.61. The molecule has 2 fully saturated rings. The summed E-state index contributed by atoms with van der Waals surface area (Å²) in [6.07, 6.45) is 4.96. The molecule has 0 radical (unpaired) electrons. The van der Waals surface area contributed by atoms with Gasteiger partial charge in [0.1, 0.15) is 0 Å². The first kappa shape index (κ1) is 9.44. The van der Waals surface area contributed by atoms with Gasteiger partial charge in [-0.1, -0.05) is 0 Å². The van der Waals surface area contributed by atoms with Crippen LogP contribution in [0, 0.1) is 5.92 Å². The highest BCUT2D eigenvalue weighted by Gasteiger charge is 2.43. The zero-order valence-electron chi connectivity index (χ0n) is 8.04. The van der Waals surface area contributed by atoms with E-state index in [0.29, 0.717) is 5.92 Å². The van der Waals surface area contributed by atoms with E-state index < -0.39 is 5.60 Å². The summed E-state index contributed by atoms with van der Waals surface area (Å²) < 4.78 is 5.28. The standard InChI is InChI=1S/C10H19NO2/c11-9(10(12)4-1-5-10)8-2-6-13-7-3-8/h8-9,12H,1-7,11H2. The minimum atomic E-state index is -0.540. The first-order valence-electron chi connectivity index (χ1n) is 5.28. The SMILES string of the molecule is NC(C1CCOCC1)C1(O)CCC1. The zero-order chi connectivity index (χ0) is 9.31. The van der Waals surface area contributed by atoms with Gasteiger partial charge in [-0.05, 0) is 38.0 Å². The Kier molecular flexibility index (Phi) is 2.58. The van der Waals surface area contributed by atoms with E-state index in [2.05, 4.69) is 0 Å². The normalized spacial score (nSPS) is 30.9. The van der Waals surface area contributed by atoms with Crippen LogP contribution in [0.25, 0.3) is 0 Å². The fourth-order valence-corrected chi connectivity index (χ4v) is 2.39. The van der Waals surface area contributed by atoms with Gasteiger partial charge in [0, 0.05) is 19.3 Å². The lowest BCUT2D eigenvalue weighted by Gasteiger charge is -2.45. The van der Waals surface area contributed by atoms with Crippen LogP contribution < -0.4 is 5.73 Å². The van der Waals surface area contributed by atoms with Crippen LogP contribution in [0.15, 0.2) is 0 Å². The van der Waals surface area contributed by atoms with Gasteiger partial charge in [0.25, 0.3) is 0 Å². The minimum absolute atomic E-state index is 0.0230. The fourth-order valence-electron chi connectivity index (χ4n) is 2.39. The maximum atomic E-state index is 10.1. The van der Waals surface area contributed by atoms with Gasteiger partial charge in [-0.2, -0.15) is 0 Å². The average molecular weight is 185 g/mol. The molecule has 2 aliphatic rings. The van der Waals surface area contributed by atoms with Crippen molar-refractivity contribution in [3.63, 3.8) is 0 Å². The Morgan fingerprint density at radius 3 is 2.38 bits per heavy atom. The average Bonchev–Trinajstić information content (AvgIpc) is 2.14. The highest BCUT2D eigenvalue weighted by molar-refractivity contribution is 4.99. The number of aliphatic hydroxyl groups is 1. The molecular formula is C10H19NO2. The predicted octanol–water partition coefficient (Wildman–Crippen LogP) is 0.655. The third kappa shape index (κ3) is 1.73. The molecule has 3 heteroatoms. The Morgan fingerprint density at radius 1 is 1.31 bits per heavy atom. The van der Waals surface area contributed by atoms with Crippen LogP contribution in [0.4, 0.5) is 0 Å². The second kappa shape index (κ2) is 3.56. The second-order valence-corrected chi connectivity index (χ2v) is 4.43. The number of rotatable bonds is 2. The van der Waals surface area contributed by atoms with E-state index in [1.165, 1.54) is 0 Å². The molecule has 1 aliphatic carbocycles. The molecule has 0 aromatic heterocycles. The van der Waals surface area contributed by atoms with Crippen molar-refractivity contribution in [2.24, 2.45) is 11.7 Å². The number of hydrogen-bond acceptors (Lipinski definition) is 3. The van der Waals surface area contributed by atoms with Crippen LogP contribution in [-0.2, 0) is 4.74 Å². The van der Waals surface area contributed by atoms with E-state index in [4.69, 9.17) is 10.5 Å². The first-order valence-corrected chi connectivity index (χ1v) is 5.28. The molecule has 0 amide bonds. The molecular weight excluding hydrogens is 166 g/mol. The number of nitrogens with two attached hydrogens (primary N) is 1. The molecule has 76 valence electrons. The van der Waals surface area contributed by atoms with E-state index in [-0.39, 0.29) is 6.04 Å². The molecule has 3 nitrogen and oxygen atoms in total. The molecule has 1 saturated carbocycles. The first-order chi connectivity index (χ1) is 6.22. The largest absolute Gasteiger partial charge is 0.388 e. The number of hydrogen-bond donors (Lipinski definition) is 2. The van der Waals surface area contributed by atoms with Crippen molar-refractivity contribution >= 4 is 0 Å². The van der Waals surface area contributed by atoms with Gasteiger partial charge in [-0.15, -0.1) is 0 Å². The summed E-state index contributed by atoms with van der Waals surface area (Å²) in [4.78, 5) is 0. The molecule has 13 heavy (non-hydrogen) atoms. The van der Waals surface area contributed by atoms with Crippen molar-refractivity contribution in [1.82, 2.24) is 0 Å². The Bertz CT molecular complexity index is 174.